The number of nitrogens with zero attached hydrogens (tertiary/aromatic N) is 1. The molecule has 26 heavy (non-hydrogen) atoms. The lowest BCUT2D eigenvalue weighted by Crippen LogP contribution is -2.50. The van der Waals surface area contributed by atoms with Gasteiger partial charge in [-0.3, -0.25) is 14.5 Å². The first-order valence-corrected chi connectivity index (χ1v) is 10.6. The van der Waals surface area contributed by atoms with Crippen LogP contribution in [0.5, 0.6) is 0 Å². The molecule has 3 atom stereocenters. The van der Waals surface area contributed by atoms with Crippen LogP contribution in [0, 0.1) is 5.92 Å². The lowest BCUT2D eigenvalue weighted by molar-refractivity contribution is -0.127. The smallest absolute Gasteiger partial charge is 0.238 e. The minimum atomic E-state index is -0.342. The normalized spacial score (nSPS) is 21.3. The molecule has 0 radical (unpaired) electrons. The SMILES string of the molecule is CSc1ccccc1NC(=O)CN(C)[C@H](C)C(=O)N[C@@H]1CCCC[C@H]1C. The van der Waals surface area contributed by atoms with Gasteiger partial charge in [-0.05, 0) is 51.1 Å². The highest BCUT2D eigenvalue weighted by atomic mass is 32.2. The zero-order valence-electron chi connectivity index (χ0n) is 16.2. The Balaban J connectivity index is 1.86. The van der Waals surface area contributed by atoms with Crippen molar-refractivity contribution in [1.29, 1.82) is 0 Å². The van der Waals surface area contributed by atoms with E-state index < -0.39 is 0 Å². The van der Waals surface area contributed by atoms with Gasteiger partial charge in [-0.2, -0.15) is 0 Å². The van der Waals surface area contributed by atoms with Gasteiger partial charge >= 0.3 is 0 Å². The fraction of sp³-hybridized carbons (Fsp3) is 0.600. The second-order valence-electron chi connectivity index (χ2n) is 7.22. The first-order chi connectivity index (χ1) is 12.4. The first-order valence-electron chi connectivity index (χ1n) is 9.36. The average molecular weight is 378 g/mol. The molecule has 1 saturated carbocycles. The topological polar surface area (TPSA) is 61.4 Å². The number of hydrogen-bond donors (Lipinski definition) is 2. The maximum atomic E-state index is 12.6. The molecule has 1 aromatic carbocycles. The van der Waals surface area contributed by atoms with Crippen molar-refractivity contribution in [1.82, 2.24) is 10.2 Å². The van der Waals surface area contributed by atoms with Crippen molar-refractivity contribution in [3.8, 4) is 0 Å². The predicted octanol–water partition coefficient (Wildman–Crippen LogP) is 3.36. The summed E-state index contributed by atoms with van der Waals surface area (Å²) in [6, 6.07) is 7.64. The summed E-state index contributed by atoms with van der Waals surface area (Å²) in [6.07, 6.45) is 6.63. The van der Waals surface area contributed by atoms with Crippen molar-refractivity contribution in [3.63, 3.8) is 0 Å². The van der Waals surface area contributed by atoms with Gasteiger partial charge in [-0.15, -0.1) is 11.8 Å². The van der Waals surface area contributed by atoms with Gasteiger partial charge in [0, 0.05) is 10.9 Å². The first kappa shape index (κ1) is 20.8. The van der Waals surface area contributed by atoms with Gasteiger partial charge in [-0.1, -0.05) is 31.9 Å². The molecule has 2 amide bonds. The van der Waals surface area contributed by atoms with E-state index in [4.69, 9.17) is 0 Å². The van der Waals surface area contributed by atoms with Crippen molar-refractivity contribution in [2.45, 2.75) is 56.5 Å². The van der Waals surface area contributed by atoms with E-state index in [0.29, 0.717) is 5.92 Å². The van der Waals surface area contributed by atoms with E-state index in [1.165, 1.54) is 19.3 Å². The van der Waals surface area contributed by atoms with Crippen molar-refractivity contribution >= 4 is 29.3 Å². The Hall–Kier alpha value is -1.53. The number of nitrogens with one attached hydrogen (secondary N) is 2. The standard InChI is InChI=1S/C20H31N3O2S/c1-14-9-5-6-10-16(14)22-20(25)15(2)23(3)13-19(24)21-17-11-7-8-12-18(17)26-4/h7-8,11-12,14-16H,5-6,9-10,13H2,1-4H3,(H,21,24)(H,22,25)/t14-,15-,16-/m1/s1. The Morgan fingerprint density at radius 1 is 1.27 bits per heavy atom. The zero-order chi connectivity index (χ0) is 19.1. The summed E-state index contributed by atoms with van der Waals surface area (Å²) in [6.45, 7) is 4.23. The molecule has 2 N–H and O–H groups in total. The highest BCUT2D eigenvalue weighted by Crippen LogP contribution is 2.25. The van der Waals surface area contributed by atoms with Crippen LogP contribution >= 0.6 is 11.8 Å². The molecule has 0 bridgehead atoms. The second kappa shape index (κ2) is 9.97. The molecular weight excluding hydrogens is 346 g/mol. The predicted molar refractivity (Wildman–Crippen MR) is 109 cm³/mol. The molecule has 0 aliphatic heterocycles. The van der Waals surface area contributed by atoms with E-state index in [-0.39, 0.29) is 30.4 Å². The fourth-order valence-corrected chi connectivity index (χ4v) is 3.89. The number of para-hydroxylation sites is 1. The van der Waals surface area contributed by atoms with Crippen molar-refractivity contribution in [2.24, 2.45) is 5.92 Å². The van der Waals surface area contributed by atoms with Crippen LogP contribution in [0.15, 0.2) is 29.2 Å². The molecule has 144 valence electrons. The third-order valence-corrected chi connectivity index (χ3v) is 6.05. The summed E-state index contributed by atoms with van der Waals surface area (Å²) < 4.78 is 0. The maximum Gasteiger partial charge on any atom is 0.238 e. The quantitative estimate of drug-likeness (QED) is 0.715. The van der Waals surface area contributed by atoms with Crippen molar-refractivity contribution in [3.05, 3.63) is 24.3 Å². The Morgan fingerprint density at radius 3 is 2.65 bits per heavy atom. The molecule has 0 spiro atoms. The summed E-state index contributed by atoms with van der Waals surface area (Å²) in [5.74, 6) is 0.416. The summed E-state index contributed by atoms with van der Waals surface area (Å²) in [4.78, 5) is 27.7. The lowest BCUT2D eigenvalue weighted by Gasteiger charge is -2.32. The number of anilines is 1. The zero-order valence-corrected chi connectivity index (χ0v) is 17.1. The summed E-state index contributed by atoms with van der Waals surface area (Å²) in [7, 11) is 1.81. The fourth-order valence-electron chi connectivity index (χ4n) is 3.34. The minimum Gasteiger partial charge on any atom is -0.352 e. The van der Waals surface area contributed by atoms with E-state index >= 15 is 0 Å². The van der Waals surface area contributed by atoms with E-state index in [0.717, 1.165) is 17.0 Å². The Morgan fingerprint density at radius 2 is 1.96 bits per heavy atom. The van der Waals surface area contributed by atoms with Crippen molar-refractivity contribution in [2.75, 3.05) is 25.2 Å². The molecule has 2 rings (SSSR count). The molecule has 0 unspecified atom stereocenters. The number of benzene rings is 1. The second-order valence-corrected chi connectivity index (χ2v) is 8.06. The largest absolute Gasteiger partial charge is 0.352 e. The number of carbonyl (C=O) groups is 2. The summed E-state index contributed by atoms with van der Waals surface area (Å²) >= 11 is 1.59. The van der Waals surface area contributed by atoms with Crippen LogP contribution < -0.4 is 10.6 Å². The van der Waals surface area contributed by atoms with Gasteiger partial charge in [0.05, 0.1) is 18.3 Å². The molecule has 0 aromatic heterocycles. The van der Waals surface area contributed by atoms with Gasteiger partial charge < -0.3 is 10.6 Å². The molecule has 1 aliphatic carbocycles. The number of carbonyl (C=O) groups excluding carboxylic acids is 2. The molecule has 6 heteroatoms. The molecule has 1 aromatic rings. The molecule has 5 nitrogen and oxygen atoms in total. The Kier molecular flexibility index (Phi) is 7.97. The van der Waals surface area contributed by atoms with Crippen LogP contribution in [0.4, 0.5) is 5.69 Å². The van der Waals surface area contributed by atoms with E-state index in [9.17, 15) is 9.59 Å². The molecule has 1 aliphatic rings. The van der Waals surface area contributed by atoms with Crippen LogP contribution in [-0.2, 0) is 9.59 Å². The van der Waals surface area contributed by atoms with Gasteiger partial charge in [0.15, 0.2) is 0 Å². The van der Waals surface area contributed by atoms with Crippen LogP contribution in [0.2, 0.25) is 0 Å². The molecule has 1 fully saturated rings. The molecule has 0 saturated heterocycles. The number of amides is 2. The van der Waals surface area contributed by atoms with Crippen molar-refractivity contribution < 1.29 is 9.59 Å². The number of rotatable bonds is 7. The van der Waals surface area contributed by atoms with Gasteiger partial charge in [0.2, 0.25) is 11.8 Å². The number of likely N-dealkylation sites (N-methyl/N-ethyl adjacent to an activating group) is 1. The highest BCUT2D eigenvalue weighted by molar-refractivity contribution is 7.98. The van der Waals surface area contributed by atoms with Crippen LogP contribution in [-0.4, -0.2) is 48.6 Å². The summed E-state index contributed by atoms with van der Waals surface area (Å²) in [5.41, 5.74) is 0.812. The average Bonchev–Trinajstić information content (AvgIpc) is 2.63. The van der Waals surface area contributed by atoms with Gasteiger partial charge in [-0.25, -0.2) is 0 Å². The highest BCUT2D eigenvalue weighted by Gasteiger charge is 2.26. The van der Waals surface area contributed by atoms with Gasteiger partial charge in [0.1, 0.15) is 0 Å². The molecule has 0 heterocycles. The Bertz CT molecular complexity index is 623. The van der Waals surface area contributed by atoms with E-state index in [2.05, 4.69) is 17.6 Å². The Labute approximate surface area is 161 Å². The maximum absolute atomic E-state index is 12.6. The lowest BCUT2D eigenvalue weighted by atomic mass is 9.86. The van der Waals surface area contributed by atoms with Gasteiger partial charge in [0.25, 0.3) is 0 Å². The molecular formula is C20H31N3O2S. The monoisotopic (exact) mass is 377 g/mol. The van der Waals surface area contributed by atoms with E-state index in [1.807, 2.05) is 44.5 Å². The minimum absolute atomic E-state index is 0.00330. The van der Waals surface area contributed by atoms with Crippen LogP contribution in [0.1, 0.15) is 39.5 Å². The third-order valence-electron chi connectivity index (χ3n) is 5.25. The van der Waals surface area contributed by atoms with Crippen LogP contribution in [0.3, 0.4) is 0 Å². The van der Waals surface area contributed by atoms with E-state index in [1.54, 1.807) is 16.7 Å². The van der Waals surface area contributed by atoms with Crippen LogP contribution in [0.25, 0.3) is 0 Å². The number of hydrogen-bond acceptors (Lipinski definition) is 4. The summed E-state index contributed by atoms with van der Waals surface area (Å²) in [5, 5.41) is 6.12. The number of thioether (sulfide) groups is 1. The third kappa shape index (κ3) is 5.74.